The number of rotatable bonds is 6. The topological polar surface area (TPSA) is 21.3 Å². The van der Waals surface area contributed by atoms with E-state index in [0.29, 0.717) is 17.4 Å². The van der Waals surface area contributed by atoms with Crippen LogP contribution in [0, 0.1) is 11.3 Å². The third-order valence-electron chi connectivity index (χ3n) is 4.70. The summed E-state index contributed by atoms with van der Waals surface area (Å²) in [7, 11) is 1.90. The van der Waals surface area contributed by atoms with Gasteiger partial charge in [-0.2, -0.15) is 0 Å². The lowest BCUT2D eigenvalue weighted by Crippen LogP contribution is -2.57. The van der Waals surface area contributed by atoms with E-state index in [1.807, 2.05) is 7.11 Å². The highest BCUT2D eigenvalue weighted by molar-refractivity contribution is 4.99. The molecular weight excluding hydrogens is 222 g/mol. The smallest absolute Gasteiger partial charge is 0.0833 e. The van der Waals surface area contributed by atoms with E-state index in [9.17, 15) is 0 Å². The fourth-order valence-corrected chi connectivity index (χ4v) is 3.32. The SMILES string of the molecule is CCCNC(C(C)C)C1(OC)CCC(C)(C)CC1. The van der Waals surface area contributed by atoms with Gasteiger partial charge in [0.1, 0.15) is 0 Å². The highest BCUT2D eigenvalue weighted by Crippen LogP contribution is 2.44. The Kier molecular flexibility index (Phi) is 5.67. The molecule has 18 heavy (non-hydrogen) atoms. The summed E-state index contributed by atoms with van der Waals surface area (Å²) in [5, 5.41) is 3.73. The van der Waals surface area contributed by atoms with Crippen molar-refractivity contribution in [3.8, 4) is 0 Å². The van der Waals surface area contributed by atoms with Crippen LogP contribution in [0.2, 0.25) is 0 Å². The van der Waals surface area contributed by atoms with Crippen molar-refractivity contribution >= 4 is 0 Å². The van der Waals surface area contributed by atoms with Gasteiger partial charge in [-0.15, -0.1) is 0 Å². The zero-order chi connectivity index (χ0) is 13.8. The summed E-state index contributed by atoms with van der Waals surface area (Å²) >= 11 is 0. The van der Waals surface area contributed by atoms with Crippen molar-refractivity contribution < 1.29 is 4.74 Å². The van der Waals surface area contributed by atoms with Gasteiger partial charge in [0, 0.05) is 13.2 Å². The van der Waals surface area contributed by atoms with Crippen LogP contribution in [0.4, 0.5) is 0 Å². The molecule has 2 heteroatoms. The van der Waals surface area contributed by atoms with Gasteiger partial charge in [-0.1, -0.05) is 34.6 Å². The number of hydrogen-bond donors (Lipinski definition) is 1. The molecule has 108 valence electrons. The first-order valence-corrected chi connectivity index (χ1v) is 7.65. The fourth-order valence-electron chi connectivity index (χ4n) is 3.32. The van der Waals surface area contributed by atoms with Crippen LogP contribution in [-0.4, -0.2) is 25.3 Å². The monoisotopic (exact) mass is 255 g/mol. The zero-order valence-corrected chi connectivity index (χ0v) is 13.3. The van der Waals surface area contributed by atoms with Crippen molar-refractivity contribution in [2.75, 3.05) is 13.7 Å². The molecule has 0 amide bonds. The van der Waals surface area contributed by atoms with Crippen molar-refractivity contribution in [1.82, 2.24) is 5.32 Å². The molecule has 1 atom stereocenters. The van der Waals surface area contributed by atoms with E-state index in [1.165, 1.54) is 32.1 Å². The van der Waals surface area contributed by atoms with E-state index in [-0.39, 0.29) is 5.60 Å². The predicted molar refractivity (Wildman–Crippen MR) is 78.9 cm³/mol. The van der Waals surface area contributed by atoms with E-state index in [4.69, 9.17) is 4.74 Å². The molecule has 0 spiro atoms. The third kappa shape index (κ3) is 3.71. The van der Waals surface area contributed by atoms with Crippen molar-refractivity contribution in [2.24, 2.45) is 11.3 Å². The van der Waals surface area contributed by atoms with Gasteiger partial charge < -0.3 is 10.1 Å². The highest BCUT2D eigenvalue weighted by Gasteiger charge is 2.44. The van der Waals surface area contributed by atoms with E-state index in [1.54, 1.807) is 0 Å². The molecule has 1 aliphatic rings. The third-order valence-corrected chi connectivity index (χ3v) is 4.70. The van der Waals surface area contributed by atoms with Gasteiger partial charge in [0.2, 0.25) is 0 Å². The summed E-state index contributed by atoms with van der Waals surface area (Å²) in [4.78, 5) is 0. The average molecular weight is 255 g/mol. The first kappa shape index (κ1) is 16.0. The lowest BCUT2D eigenvalue weighted by molar-refractivity contribution is -0.0957. The van der Waals surface area contributed by atoms with E-state index < -0.39 is 0 Å². The van der Waals surface area contributed by atoms with Gasteiger partial charge in [0.25, 0.3) is 0 Å². The molecule has 0 saturated heterocycles. The maximum Gasteiger partial charge on any atom is 0.0833 e. The average Bonchev–Trinajstić information content (AvgIpc) is 2.31. The molecule has 1 unspecified atom stereocenters. The summed E-state index contributed by atoms with van der Waals surface area (Å²) in [5.74, 6) is 0.623. The number of nitrogens with one attached hydrogen (secondary N) is 1. The lowest BCUT2D eigenvalue weighted by Gasteiger charge is -2.48. The van der Waals surface area contributed by atoms with E-state index in [0.717, 1.165) is 6.54 Å². The minimum absolute atomic E-state index is 0.0544. The van der Waals surface area contributed by atoms with Crippen LogP contribution in [-0.2, 0) is 4.74 Å². The largest absolute Gasteiger partial charge is 0.377 e. The first-order valence-electron chi connectivity index (χ1n) is 7.65. The Morgan fingerprint density at radius 3 is 2.06 bits per heavy atom. The predicted octanol–water partition coefficient (Wildman–Crippen LogP) is 4.00. The highest BCUT2D eigenvalue weighted by atomic mass is 16.5. The normalized spacial score (nSPS) is 24.2. The van der Waals surface area contributed by atoms with Gasteiger partial charge in [0.15, 0.2) is 0 Å². The summed E-state index contributed by atoms with van der Waals surface area (Å²) in [6.45, 7) is 12.7. The summed E-state index contributed by atoms with van der Waals surface area (Å²) in [5.41, 5.74) is 0.549. The van der Waals surface area contributed by atoms with Crippen LogP contribution in [0.3, 0.4) is 0 Å². The second-order valence-corrected chi connectivity index (χ2v) is 7.11. The molecule has 0 aliphatic heterocycles. The standard InChI is InChI=1S/C16H33NO/c1-7-12-17-14(13(2)3)16(18-6)10-8-15(4,5)9-11-16/h13-14,17H,7-12H2,1-6H3. The Labute approximate surface area is 114 Å². The first-order chi connectivity index (χ1) is 8.37. The second kappa shape index (κ2) is 6.38. The van der Waals surface area contributed by atoms with Gasteiger partial charge in [-0.05, 0) is 50.0 Å². The number of hydrogen-bond acceptors (Lipinski definition) is 2. The molecule has 2 nitrogen and oxygen atoms in total. The maximum atomic E-state index is 6.03. The Hall–Kier alpha value is -0.0800. The van der Waals surface area contributed by atoms with Crippen LogP contribution >= 0.6 is 0 Å². The zero-order valence-electron chi connectivity index (χ0n) is 13.3. The van der Waals surface area contributed by atoms with Crippen LogP contribution in [0.25, 0.3) is 0 Å². The maximum absolute atomic E-state index is 6.03. The Morgan fingerprint density at radius 2 is 1.67 bits per heavy atom. The van der Waals surface area contributed by atoms with Crippen LogP contribution in [0.1, 0.15) is 66.7 Å². The fraction of sp³-hybridized carbons (Fsp3) is 1.00. The number of ether oxygens (including phenoxy) is 1. The van der Waals surface area contributed by atoms with Crippen molar-refractivity contribution in [3.05, 3.63) is 0 Å². The van der Waals surface area contributed by atoms with Crippen LogP contribution in [0.5, 0.6) is 0 Å². The second-order valence-electron chi connectivity index (χ2n) is 7.11. The molecule has 0 aromatic rings. The van der Waals surface area contributed by atoms with Gasteiger partial charge in [-0.25, -0.2) is 0 Å². The van der Waals surface area contributed by atoms with Crippen molar-refractivity contribution in [3.63, 3.8) is 0 Å². The molecule has 0 bridgehead atoms. The van der Waals surface area contributed by atoms with Crippen molar-refractivity contribution in [1.29, 1.82) is 0 Å². The molecule has 0 heterocycles. The molecule has 1 N–H and O–H groups in total. The molecule has 1 rings (SSSR count). The molecule has 1 saturated carbocycles. The van der Waals surface area contributed by atoms with Crippen LogP contribution < -0.4 is 5.32 Å². The van der Waals surface area contributed by atoms with Gasteiger partial charge in [-0.3, -0.25) is 0 Å². The Bertz CT molecular complexity index is 237. The minimum Gasteiger partial charge on any atom is -0.377 e. The molecule has 0 radical (unpaired) electrons. The molecule has 0 aromatic carbocycles. The Morgan fingerprint density at radius 1 is 1.11 bits per heavy atom. The quantitative estimate of drug-likeness (QED) is 0.774. The Balaban J connectivity index is 2.78. The summed E-state index contributed by atoms with van der Waals surface area (Å²) in [6, 6.07) is 0.485. The molecule has 1 fully saturated rings. The molecule has 0 aromatic heterocycles. The van der Waals surface area contributed by atoms with Crippen molar-refractivity contribution in [2.45, 2.75) is 78.4 Å². The van der Waals surface area contributed by atoms with Gasteiger partial charge >= 0.3 is 0 Å². The minimum atomic E-state index is 0.0544. The lowest BCUT2D eigenvalue weighted by atomic mass is 9.66. The van der Waals surface area contributed by atoms with E-state index >= 15 is 0 Å². The summed E-state index contributed by atoms with van der Waals surface area (Å²) in [6.07, 6.45) is 6.12. The van der Waals surface area contributed by atoms with Gasteiger partial charge in [0.05, 0.1) is 5.60 Å². The summed E-state index contributed by atoms with van der Waals surface area (Å²) < 4.78 is 6.03. The number of methoxy groups -OCH3 is 1. The van der Waals surface area contributed by atoms with Crippen LogP contribution in [0.15, 0.2) is 0 Å². The van der Waals surface area contributed by atoms with E-state index in [2.05, 4.69) is 39.9 Å². The molecule has 1 aliphatic carbocycles. The molecular formula is C16H33NO.